The topological polar surface area (TPSA) is 24.7 Å². The lowest BCUT2D eigenvalue weighted by Crippen LogP contribution is -1.83. The smallest absolute Gasteiger partial charge is 0.0831 e. The fraction of sp³-hybridized carbons (Fsp3) is 0.714. The number of hydrogen-bond acceptors (Lipinski definition) is 2. The van der Waals surface area contributed by atoms with Gasteiger partial charge in [0.15, 0.2) is 0 Å². The summed E-state index contributed by atoms with van der Waals surface area (Å²) in [7, 11) is 0. The summed E-state index contributed by atoms with van der Waals surface area (Å²) in [6.45, 7) is 3.05. The monoisotopic (exact) mass is 124 g/mol. The standard InChI is InChI=1S/C7H12N2/c1-2-3-4-7-5-8-9-6-7/h5H,2-4,6H2,1H3. The zero-order valence-electron chi connectivity index (χ0n) is 5.80. The SMILES string of the molecule is CCCCC1=CN=NC1. The van der Waals surface area contributed by atoms with E-state index in [1.807, 2.05) is 6.20 Å². The fourth-order valence-corrected chi connectivity index (χ4v) is 0.842. The largest absolute Gasteiger partial charge is 0.185 e. The Morgan fingerprint density at radius 2 is 2.56 bits per heavy atom. The molecule has 0 fully saturated rings. The molecule has 0 N–H and O–H groups in total. The first-order valence-electron chi connectivity index (χ1n) is 3.48. The van der Waals surface area contributed by atoms with Gasteiger partial charge in [-0.05, 0) is 18.4 Å². The molecule has 0 aromatic carbocycles. The van der Waals surface area contributed by atoms with Crippen molar-refractivity contribution in [3.05, 3.63) is 11.8 Å². The molecule has 0 bridgehead atoms. The average Bonchev–Trinajstić information content (AvgIpc) is 2.34. The van der Waals surface area contributed by atoms with E-state index in [1.54, 1.807) is 0 Å². The molecule has 1 aliphatic heterocycles. The lowest BCUT2D eigenvalue weighted by atomic mass is 10.1. The molecular formula is C7H12N2. The Bertz CT molecular complexity index is 136. The van der Waals surface area contributed by atoms with Gasteiger partial charge in [-0.3, -0.25) is 0 Å². The molecule has 0 unspecified atom stereocenters. The Balaban J connectivity index is 2.14. The van der Waals surface area contributed by atoms with Crippen LogP contribution in [0.3, 0.4) is 0 Å². The van der Waals surface area contributed by atoms with Crippen LogP contribution in [0.1, 0.15) is 26.2 Å². The Kier molecular flexibility index (Phi) is 2.43. The molecule has 9 heavy (non-hydrogen) atoms. The van der Waals surface area contributed by atoms with Gasteiger partial charge in [0.2, 0.25) is 0 Å². The van der Waals surface area contributed by atoms with Crippen molar-refractivity contribution in [3.8, 4) is 0 Å². The number of nitrogens with zero attached hydrogens (tertiary/aromatic N) is 2. The number of hydrogen-bond donors (Lipinski definition) is 0. The number of unbranched alkanes of at least 4 members (excludes halogenated alkanes) is 1. The summed E-state index contributed by atoms with van der Waals surface area (Å²) in [4.78, 5) is 0. The van der Waals surface area contributed by atoms with Crippen molar-refractivity contribution in [2.24, 2.45) is 10.2 Å². The third kappa shape index (κ3) is 1.96. The van der Waals surface area contributed by atoms with Gasteiger partial charge in [-0.15, -0.1) is 0 Å². The van der Waals surface area contributed by atoms with Crippen LogP contribution >= 0.6 is 0 Å². The van der Waals surface area contributed by atoms with Gasteiger partial charge in [0.1, 0.15) is 0 Å². The molecule has 1 heterocycles. The van der Waals surface area contributed by atoms with Crippen molar-refractivity contribution in [2.45, 2.75) is 26.2 Å². The van der Waals surface area contributed by atoms with E-state index in [2.05, 4.69) is 17.2 Å². The second-order valence-corrected chi connectivity index (χ2v) is 2.31. The highest BCUT2D eigenvalue weighted by atomic mass is 15.1. The van der Waals surface area contributed by atoms with Crippen molar-refractivity contribution in [1.82, 2.24) is 0 Å². The van der Waals surface area contributed by atoms with Gasteiger partial charge in [-0.2, -0.15) is 10.2 Å². The molecular weight excluding hydrogens is 112 g/mol. The molecule has 0 aliphatic carbocycles. The van der Waals surface area contributed by atoms with Gasteiger partial charge in [0, 0.05) is 0 Å². The summed E-state index contributed by atoms with van der Waals surface area (Å²) in [5, 5.41) is 7.63. The molecule has 2 heteroatoms. The van der Waals surface area contributed by atoms with Crippen LogP contribution in [0.15, 0.2) is 22.0 Å². The molecule has 0 amide bonds. The Morgan fingerprint density at radius 3 is 3.11 bits per heavy atom. The number of rotatable bonds is 3. The van der Waals surface area contributed by atoms with Crippen LogP contribution in [-0.2, 0) is 0 Å². The maximum Gasteiger partial charge on any atom is 0.0831 e. The van der Waals surface area contributed by atoms with Crippen molar-refractivity contribution >= 4 is 0 Å². The number of azo groups is 1. The van der Waals surface area contributed by atoms with E-state index in [0.717, 1.165) is 6.54 Å². The molecule has 1 aliphatic rings. The third-order valence-corrected chi connectivity index (χ3v) is 1.45. The third-order valence-electron chi connectivity index (χ3n) is 1.45. The quantitative estimate of drug-likeness (QED) is 0.552. The van der Waals surface area contributed by atoms with E-state index in [9.17, 15) is 0 Å². The van der Waals surface area contributed by atoms with Gasteiger partial charge in [-0.25, -0.2) is 0 Å². The van der Waals surface area contributed by atoms with E-state index in [0.29, 0.717) is 0 Å². The Hall–Kier alpha value is -0.660. The second kappa shape index (κ2) is 3.38. The van der Waals surface area contributed by atoms with Crippen LogP contribution in [-0.4, -0.2) is 6.54 Å². The van der Waals surface area contributed by atoms with E-state index in [1.165, 1.54) is 24.8 Å². The minimum Gasteiger partial charge on any atom is -0.185 e. The molecule has 2 nitrogen and oxygen atoms in total. The first-order chi connectivity index (χ1) is 4.43. The van der Waals surface area contributed by atoms with Crippen LogP contribution in [0.25, 0.3) is 0 Å². The summed E-state index contributed by atoms with van der Waals surface area (Å²) in [5.41, 5.74) is 1.39. The second-order valence-electron chi connectivity index (χ2n) is 2.31. The molecule has 1 rings (SSSR count). The van der Waals surface area contributed by atoms with Crippen molar-refractivity contribution in [1.29, 1.82) is 0 Å². The van der Waals surface area contributed by atoms with Gasteiger partial charge in [0.05, 0.1) is 12.7 Å². The first kappa shape index (κ1) is 6.46. The molecule has 0 saturated heterocycles. The van der Waals surface area contributed by atoms with Crippen molar-refractivity contribution in [2.75, 3.05) is 6.54 Å². The van der Waals surface area contributed by atoms with Crippen LogP contribution in [0.5, 0.6) is 0 Å². The van der Waals surface area contributed by atoms with E-state index < -0.39 is 0 Å². The first-order valence-corrected chi connectivity index (χ1v) is 3.48. The minimum absolute atomic E-state index is 0.847. The zero-order chi connectivity index (χ0) is 6.53. The molecule has 0 atom stereocenters. The molecule has 0 spiro atoms. The molecule has 0 aromatic heterocycles. The highest BCUT2D eigenvalue weighted by molar-refractivity contribution is 5.05. The van der Waals surface area contributed by atoms with Gasteiger partial charge >= 0.3 is 0 Å². The highest BCUT2D eigenvalue weighted by Crippen LogP contribution is 2.11. The van der Waals surface area contributed by atoms with E-state index in [4.69, 9.17) is 0 Å². The van der Waals surface area contributed by atoms with E-state index in [-0.39, 0.29) is 0 Å². The predicted octanol–water partition coefficient (Wildman–Crippen LogP) is 2.53. The van der Waals surface area contributed by atoms with Crippen LogP contribution < -0.4 is 0 Å². The minimum atomic E-state index is 0.847. The maximum absolute atomic E-state index is 3.85. The molecule has 0 saturated carbocycles. The summed E-state index contributed by atoms with van der Waals surface area (Å²) in [6, 6.07) is 0. The Labute approximate surface area is 55.7 Å². The van der Waals surface area contributed by atoms with Gasteiger partial charge < -0.3 is 0 Å². The lowest BCUT2D eigenvalue weighted by molar-refractivity contribution is 0.779. The van der Waals surface area contributed by atoms with Crippen molar-refractivity contribution < 1.29 is 0 Å². The summed E-state index contributed by atoms with van der Waals surface area (Å²) < 4.78 is 0. The summed E-state index contributed by atoms with van der Waals surface area (Å²) >= 11 is 0. The average molecular weight is 124 g/mol. The molecule has 0 aromatic rings. The Morgan fingerprint density at radius 1 is 1.67 bits per heavy atom. The zero-order valence-corrected chi connectivity index (χ0v) is 5.80. The molecule has 50 valence electrons. The summed E-state index contributed by atoms with van der Waals surface area (Å²) in [6.07, 6.45) is 5.60. The van der Waals surface area contributed by atoms with Crippen molar-refractivity contribution in [3.63, 3.8) is 0 Å². The van der Waals surface area contributed by atoms with Crippen LogP contribution in [0.4, 0.5) is 0 Å². The fourth-order valence-electron chi connectivity index (χ4n) is 0.842. The highest BCUT2D eigenvalue weighted by Gasteiger charge is 1.98. The maximum atomic E-state index is 3.85. The van der Waals surface area contributed by atoms with E-state index >= 15 is 0 Å². The summed E-state index contributed by atoms with van der Waals surface area (Å²) in [5.74, 6) is 0. The van der Waals surface area contributed by atoms with Gasteiger partial charge in [-0.1, -0.05) is 13.3 Å². The van der Waals surface area contributed by atoms with Gasteiger partial charge in [0.25, 0.3) is 0 Å². The predicted molar refractivity (Wildman–Crippen MR) is 37.3 cm³/mol. The lowest BCUT2D eigenvalue weighted by Gasteiger charge is -1.94. The molecule has 0 radical (unpaired) electrons. The normalized spacial score (nSPS) is 16.3. The van der Waals surface area contributed by atoms with Crippen LogP contribution in [0.2, 0.25) is 0 Å². The van der Waals surface area contributed by atoms with Crippen LogP contribution in [0, 0.1) is 0 Å².